The number of carbonyl (C=O) groups excluding carboxylic acids is 1. The summed E-state index contributed by atoms with van der Waals surface area (Å²) in [4.78, 5) is 12.7. The van der Waals surface area contributed by atoms with Crippen LogP contribution in [0.5, 0.6) is 0 Å². The Morgan fingerprint density at radius 2 is 2.05 bits per heavy atom. The number of anilines is 1. The number of nitrogens with one attached hydrogen (secondary N) is 1. The second-order valence-electron chi connectivity index (χ2n) is 4.26. The number of carbonyl (C=O) groups is 1. The molecule has 0 saturated heterocycles. The van der Waals surface area contributed by atoms with E-state index in [0.29, 0.717) is 10.9 Å². The molecule has 7 heteroatoms. The smallest absolute Gasteiger partial charge is 0.322 e. The highest BCUT2D eigenvalue weighted by molar-refractivity contribution is 7.10. The quantitative estimate of drug-likeness (QED) is 0.731. The van der Waals surface area contributed by atoms with Gasteiger partial charge in [0, 0.05) is 21.5 Å². The Morgan fingerprint density at radius 3 is 2.77 bits per heavy atom. The van der Waals surface area contributed by atoms with Crippen LogP contribution in [0.25, 0.3) is 17.5 Å². The minimum Gasteiger partial charge on any atom is -0.403 e. The summed E-state index contributed by atoms with van der Waals surface area (Å²) < 4.78 is 5.39. The third-order valence-corrected chi connectivity index (χ3v) is 3.78. The van der Waals surface area contributed by atoms with Gasteiger partial charge in [-0.15, -0.1) is 16.4 Å². The maximum Gasteiger partial charge on any atom is 0.322 e. The number of hydrogen-bond donors (Lipinski definition) is 1. The molecule has 0 spiro atoms. The molecule has 0 fully saturated rings. The maximum absolute atomic E-state index is 11.8. The van der Waals surface area contributed by atoms with Gasteiger partial charge in [0.25, 0.3) is 5.91 Å². The fraction of sp³-hybridized carbons (Fsp3) is 0. The number of hydrogen-bond acceptors (Lipinski definition) is 5. The van der Waals surface area contributed by atoms with Gasteiger partial charge in [-0.05, 0) is 41.8 Å². The molecule has 1 aromatic carbocycles. The zero-order valence-corrected chi connectivity index (χ0v) is 12.8. The number of halogens is 1. The van der Waals surface area contributed by atoms with Gasteiger partial charge < -0.3 is 4.42 Å². The molecular formula is C15H10ClN3O2S. The summed E-state index contributed by atoms with van der Waals surface area (Å²) >= 11 is 7.36. The van der Waals surface area contributed by atoms with Crippen molar-refractivity contribution < 1.29 is 9.21 Å². The lowest BCUT2D eigenvalue weighted by Crippen LogP contribution is -2.07. The molecule has 0 aliphatic rings. The average molecular weight is 332 g/mol. The molecule has 0 unspecified atom stereocenters. The molecule has 0 aliphatic heterocycles. The Morgan fingerprint density at radius 1 is 1.23 bits per heavy atom. The molecule has 2 aromatic heterocycles. The first-order chi connectivity index (χ1) is 10.7. The Labute approximate surface area is 135 Å². The average Bonchev–Trinajstić information content (AvgIpc) is 3.17. The molecule has 1 amide bonds. The summed E-state index contributed by atoms with van der Waals surface area (Å²) in [6.07, 6.45) is 3.13. The maximum atomic E-state index is 11.8. The summed E-state index contributed by atoms with van der Waals surface area (Å²) in [6, 6.07) is 10.9. The normalized spacial score (nSPS) is 11.0. The van der Waals surface area contributed by atoms with E-state index in [4.69, 9.17) is 16.0 Å². The van der Waals surface area contributed by atoms with Crippen molar-refractivity contribution >= 4 is 40.9 Å². The van der Waals surface area contributed by atoms with Gasteiger partial charge in [0.05, 0.1) is 0 Å². The number of rotatable bonds is 4. The molecule has 0 atom stereocenters. The van der Waals surface area contributed by atoms with E-state index in [0.717, 1.165) is 10.4 Å². The minimum absolute atomic E-state index is 0.0470. The Kier molecular flexibility index (Phi) is 4.32. The van der Waals surface area contributed by atoms with E-state index >= 15 is 0 Å². The van der Waals surface area contributed by atoms with E-state index in [1.54, 1.807) is 41.7 Å². The van der Waals surface area contributed by atoms with Gasteiger partial charge in [-0.3, -0.25) is 10.1 Å². The molecule has 3 aromatic rings. The lowest BCUT2D eigenvalue weighted by Gasteiger charge is -1.95. The van der Waals surface area contributed by atoms with Crippen LogP contribution in [0.2, 0.25) is 5.02 Å². The van der Waals surface area contributed by atoms with Crippen molar-refractivity contribution in [1.29, 1.82) is 0 Å². The highest BCUT2D eigenvalue weighted by Crippen LogP contribution is 2.21. The summed E-state index contributed by atoms with van der Waals surface area (Å²) in [5.74, 6) is -0.0195. The van der Waals surface area contributed by atoms with Crippen LogP contribution >= 0.6 is 22.9 Å². The molecular weight excluding hydrogens is 322 g/mol. The van der Waals surface area contributed by atoms with Gasteiger partial charge in [-0.2, -0.15) is 0 Å². The van der Waals surface area contributed by atoms with Crippen molar-refractivity contribution in [1.82, 2.24) is 10.2 Å². The molecule has 2 heterocycles. The van der Waals surface area contributed by atoms with Crippen LogP contribution in [0.15, 0.2) is 52.3 Å². The molecule has 3 rings (SSSR count). The van der Waals surface area contributed by atoms with Crippen LogP contribution < -0.4 is 5.32 Å². The van der Waals surface area contributed by atoms with E-state index in [-0.39, 0.29) is 11.9 Å². The molecule has 110 valence electrons. The van der Waals surface area contributed by atoms with Crippen LogP contribution in [0.3, 0.4) is 0 Å². The summed E-state index contributed by atoms with van der Waals surface area (Å²) in [5, 5.41) is 12.7. The van der Waals surface area contributed by atoms with Gasteiger partial charge >= 0.3 is 6.01 Å². The number of aromatic nitrogens is 2. The third kappa shape index (κ3) is 3.60. The first-order valence-electron chi connectivity index (χ1n) is 6.33. The zero-order valence-electron chi connectivity index (χ0n) is 11.2. The van der Waals surface area contributed by atoms with Crippen molar-refractivity contribution in [3.8, 4) is 11.5 Å². The van der Waals surface area contributed by atoms with Crippen molar-refractivity contribution in [2.24, 2.45) is 0 Å². The topological polar surface area (TPSA) is 68.0 Å². The van der Waals surface area contributed by atoms with E-state index in [1.165, 1.54) is 6.08 Å². The SMILES string of the molecule is O=C(/C=C/c1cccs1)Nc1nnc(-c2ccc(Cl)cc2)o1. The lowest BCUT2D eigenvalue weighted by molar-refractivity contribution is -0.112. The standard InChI is InChI=1S/C15H10ClN3O2S/c16-11-5-3-10(4-6-11)14-18-19-15(21-14)17-13(20)8-7-12-2-1-9-22-12/h1-9H,(H,17,19,20)/b8-7+. The second kappa shape index (κ2) is 6.55. The number of nitrogens with zero attached hydrogens (tertiary/aromatic N) is 2. The Balaban J connectivity index is 1.66. The van der Waals surface area contributed by atoms with Crippen molar-refractivity contribution in [2.75, 3.05) is 5.32 Å². The van der Waals surface area contributed by atoms with Gasteiger partial charge in [0.1, 0.15) is 0 Å². The van der Waals surface area contributed by atoms with Gasteiger partial charge in [0.2, 0.25) is 5.89 Å². The predicted octanol–water partition coefficient (Wildman–Crippen LogP) is 4.10. The molecule has 5 nitrogen and oxygen atoms in total. The lowest BCUT2D eigenvalue weighted by atomic mass is 10.2. The molecule has 0 saturated carbocycles. The predicted molar refractivity (Wildman–Crippen MR) is 86.7 cm³/mol. The summed E-state index contributed by atoms with van der Waals surface area (Å²) in [6.45, 7) is 0. The van der Waals surface area contributed by atoms with Crippen LogP contribution in [0, 0.1) is 0 Å². The molecule has 1 N–H and O–H groups in total. The van der Waals surface area contributed by atoms with Gasteiger partial charge in [0.15, 0.2) is 0 Å². The number of thiophene rings is 1. The highest BCUT2D eigenvalue weighted by Gasteiger charge is 2.09. The molecule has 22 heavy (non-hydrogen) atoms. The zero-order chi connectivity index (χ0) is 15.4. The van der Waals surface area contributed by atoms with Crippen LogP contribution in [0.1, 0.15) is 4.88 Å². The summed E-state index contributed by atoms with van der Waals surface area (Å²) in [7, 11) is 0. The Hall–Kier alpha value is -2.44. The molecule has 0 aliphatic carbocycles. The number of benzene rings is 1. The van der Waals surface area contributed by atoms with Crippen LogP contribution in [-0.4, -0.2) is 16.1 Å². The number of amides is 1. The first-order valence-corrected chi connectivity index (χ1v) is 7.58. The van der Waals surface area contributed by atoms with Crippen molar-refractivity contribution in [3.63, 3.8) is 0 Å². The van der Waals surface area contributed by atoms with Crippen LogP contribution in [-0.2, 0) is 4.79 Å². The van der Waals surface area contributed by atoms with E-state index < -0.39 is 0 Å². The van der Waals surface area contributed by atoms with E-state index in [1.807, 2.05) is 17.5 Å². The monoisotopic (exact) mass is 331 g/mol. The molecule has 0 radical (unpaired) electrons. The van der Waals surface area contributed by atoms with Crippen LogP contribution in [0.4, 0.5) is 6.01 Å². The fourth-order valence-corrected chi connectivity index (χ4v) is 2.42. The van der Waals surface area contributed by atoms with Crippen molar-refractivity contribution in [3.05, 3.63) is 57.8 Å². The fourth-order valence-electron chi connectivity index (χ4n) is 1.67. The highest BCUT2D eigenvalue weighted by atomic mass is 35.5. The largest absolute Gasteiger partial charge is 0.403 e. The second-order valence-corrected chi connectivity index (χ2v) is 5.67. The van der Waals surface area contributed by atoms with E-state index in [2.05, 4.69) is 15.5 Å². The van der Waals surface area contributed by atoms with Gasteiger partial charge in [-0.1, -0.05) is 22.8 Å². The van der Waals surface area contributed by atoms with E-state index in [9.17, 15) is 4.79 Å². The minimum atomic E-state index is -0.334. The third-order valence-electron chi connectivity index (χ3n) is 2.69. The summed E-state index contributed by atoms with van der Waals surface area (Å²) in [5.41, 5.74) is 0.728. The van der Waals surface area contributed by atoms with Gasteiger partial charge in [-0.25, -0.2) is 0 Å². The Bertz CT molecular complexity index is 795. The first kappa shape index (κ1) is 14.5. The van der Waals surface area contributed by atoms with Crippen molar-refractivity contribution in [2.45, 2.75) is 0 Å². The molecule has 0 bridgehead atoms.